The minimum Gasteiger partial charge on any atom is -0.493 e. The molecule has 0 aromatic heterocycles. The van der Waals surface area contributed by atoms with Crippen molar-refractivity contribution < 1.29 is 24.1 Å². The molecule has 0 atom stereocenters. The lowest BCUT2D eigenvalue weighted by Crippen LogP contribution is -2.07. The van der Waals surface area contributed by atoms with Crippen LogP contribution in [0.2, 0.25) is 0 Å². The van der Waals surface area contributed by atoms with Crippen LogP contribution < -0.4 is 9.47 Å². The molecular formula is C22H26O5. The smallest absolute Gasteiger partial charge is 0.310 e. The second-order valence-corrected chi connectivity index (χ2v) is 6.54. The Morgan fingerprint density at radius 2 is 1.59 bits per heavy atom. The van der Waals surface area contributed by atoms with E-state index in [1.54, 1.807) is 0 Å². The molecule has 0 unspecified atom stereocenters. The molecule has 2 heterocycles. The lowest BCUT2D eigenvalue weighted by molar-refractivity contribution is -0.142. The third-order valence-corrected chi connectivity index (χ3v) is 4.56. The molecule has 2 aliphatic heterocycles. The number of carbonyl (C=O) groups excluding carboxylic acids is 1. The van der Waals surface area contributed by atoms with Gasteiger partial charge in [-0.3, -0.25) is 4.79 Å². The van der Waals surface area contributed by atoms with Gasteiger partial charge < -0.3 is 19.3 Å². The Balaban J connectivity index is 0.000000159. The monoisotopic (exact) mass is 370 g/mol. The third kappa shape index (κ3) is 5.23. The van der Waals surface area contributed by atoms with Crippen molar-refractivity contribution in [2.24, 2.45) is 0 Å². The van der Waals surface area contributed by atoms with Crippen LogP contribution in [0.15, 0.2) is 36.4 Å². The fraction of sp³-hybridized carbons (Fsp3) is 0.409. The van der Waals surface area contributed by atoms with Gasteiger partial charge in [-0.1, -0.05) is 24.3 Å². The van der Waals surface area contributed by atoms with Crippen LogP contribution in [0, 0.1) is 0 Å². The summed E-state index contributed by atoms with van der Waals surface area (Å²) in [5.41, 5.74) is 4.66. The van der Waals surface area contributed by atoms with Gasteiger partial charge in [-0.05, 0) is 47.7 Å². The van der Waals surface area contributed by atoms with E-state index in [0.29, 0.717) is 13.0 Å². The molecule has 5 heteroatoms. The summed E-state index contributed by atoms with van der Waals surface area (Å²) in [6, 6.07) is 12.0. The average Bonchev–Trinajstić information content (AvgIpc) is 3.31. The molecule has 2 aromatic rings. The molecule has 27 heavy (non-hydrogen) atoms. The van der Waals surface area contributed by atoms with Crippen molar-refractivity contribution in [3.63, 3.8) is 0 Å². The van der Waals surface area contributed by atoms with Crippen LogP contribution >= 0.6 is 0 Å². The second-order valence-electron chi connectivity index (χ2n) is 6.54. The summed E-state index contributed by atoms with van der Waals surface area (Å²) >= 11 is 0. The van der Waals surface area contributed by atoms with Crippen molar-refractivity contribution in [2.75, 3.05) is 26.4 Å². The molecule has 5 nitrogen and oxygen atoms in total. The molecule has 0 amide bonds. The molecule has 1 N–H and O–H groups in total. The highest BCUT2D eigenvalue weighted by Crippen LogP contribution is 2.26. The minimum absolute atomic E-state index is 0.170. The Hall–Kier alpha value is -2.53. The summed E-state index contributed by atoms with van der Waals surface area (Å²) in [7, 11) is 0. The summed E-state index contributed by atoms with van der Waals surface area (Å²) in [6.07, 6.45) is 3.04. The van der Waals surface area contributed by atoms with Gasteiger partial charge in [-0.25, -0.2) is 0 Å². The summed E-state index contributed by atoms with van der Waals surface area (Å²) in [4.78, 5) is 11.3. The second kappa shape index (κ2) is 9.42. The molecule has 2 aromatic carbocycles. The zero-order valence-electron chi connectivity index (χ0n) is 15.7. The van der Waals surface area contributed by atoms with E-state index in [1.807, 2.05) is 37.3 Å². The molecule has 0 bridgehead atoms. The summed E-state index contributed by atoms with van der Waals surface area (Å²) in [6.45, 7) is 4.02. The number of aliphatic hydroxyl groups is 1. The van der Waals surface area contributed by atoms with Gasteiger partial charge in [0, 0.05) is 19.4 Å². The standard InChI is InChI=1S/C12H14O3.C10H12O2/c1-2-14-12(13)8-9-3-4-11-10(7-9)5-6-15-11;11-5-3-8-1-2-10-9(7-8)4-6-12-10/h3-4,7H,2,5-6,8H2,1H3;1-2,7,11H,3-6H2. The Morgan fingerprint density at radius 3 is 2.19 bits per heavy atom. The Bertz CT molecular complexity index is 784. The van der Waals surface area contributed by atoms with Crippen molar-refractivity contribution in [3.05, 3.63) is 58.7 Å². The number of fused-ring (bicyclic) bond motifs is 2. The van der Waals surface area contributed by atoms with E-state index >= 15 is 0 Å². The molecule has 0 spiro atoms. The van der Waals surface area contributed by atoms with Crippen LogP contribution in [-0.2, 0) is 35.2 Å². The number of hydrogen-bond acceptors (Lipinski definition) is 5. The summed E-state index contributed by atoms with van der Waals surface area (Å²) in [5, 5.41) is 8.74. The Labute approximate surface area is 159 Å². The number of ether oxygens (including phenoxy) is 3. The number of hydrogen-bond donors (Lipinski definition) is 1. The number of benzene rings is 2. The molecule has 0 saturated heterocycles. The topological polar surface area (TPSA) is 65.0 Å². The first-order chi connectivity index (χ1) is 13.2. The molecule has 0 fully saturated rings. The third-order valence-electron chi connectivity index (χ3n) is 4.56. The highest BCUT2D eigenvalue weighted by molar-refractivity contribution is 5.72. The molecule has 0 aliphatic carbocycles. The van der Waals surface area contributed by atoms with Crippen LogP contribution in [0.5, 0.6) is 11.5 Å². The zero-order valence-corrected chi connectivity index (χ0v) is 15.7. The van der Waals surface area contributed by atoms with Gasteiger partial charge in [0.25, 0.3) is 0 Å². The first-order valence-electron chi connectivity index (χ1n) is 9.45. The van der Waals surface area contributed by atoms with Crippen LogP contribution in [0.25, 0.3) is 0 Å². The molecular weight excluding hydrogens is 344 g/mol. The molecule has 0 saturated carbocycles. The van der Waals surface area contributed by atoms with Crippen LogP contribution in [0.4, 0.5) is 0 Å². The number of esters is 1. The van der Waals surface area contributed by atoms with Crippen molar-refractivity contribution in [1.82, 2.24) is 0 Å². The van der Waals surface area contributed by atoms with Gasteiger partial charge >= 0.3 is 5.97 Å². The highest BCUT2D eigenvalue weighted by atomic mass is 16.5. The van der Waals surface area contributed by atoms with E-state index in [-0.39, 0.29) is 12.6 Å². The van der Waals surface area contributed by atoms with Crippen LogP contribution in [-0.4, -0.2) is 37.5 Å². The minimum atomic E-state index is -0.170. The lowest BCUT2D eigenvalue weighted by Gasteiger charge is -2.04. The maximum absolute atomic E-state index is 11.3. The van der Waals surface area contributed by atoms with E-state index in [9.17, 15) is 4.79 Å². The fourth-order valence-corrected chi connectivity index (χ4v) is 3.25. The Kier molecular flexibility index (Phi) is 6.71. The average molecular weight is 370 g/mol. The van der Waals surface area contributed by atoms with E-state index in [1.165, 1.54) is 16.7 Å². The van der Waals surface area contributed by atoms with Crippen molar-refractivity contribution in [1.29, 1.82) is 0 Å². The van der Waals surface area contributed by atoms with Crippen LogP contribution in [0.3, 0.4) is 0 Å². The Morgan fingerprint density at radius 1 is 1.00 bits per heavy atom. The summed E-state index contributed by atoms with van der Waals surface area (Å²) < 4.78 is 15.7. The first-order valence-corrected chi connectivity index (χ1v) is 9.45. The SMILES string of the molecule is CCOC(=O)Cc1ccc2c(c1)CCO2.OCCc1ccc2c(c1)CCO2. The number of carbonyl (C=O) groups is 1. The fourth-order valence-electron chi connectivity index (χ4n) is 3.25. The molecule has 2 aliphatic rings. The lowest BCUT2D eigenvalue weighted by atomic mass is 10.1. The van der Waals surface area contributed by atoms with Gasteiger partial charge in [0.05, 0.1) is 26.2 Å². The van der Waals surface area contributed by atoms with Crippen molar-refractivity contribution in [3.8, 4) is 11.5 Å². The molecule has 0 radical (unpaired) electrons. The van der Waals surface area contributed by atoms with E-state index in [2.05, 4.69) is 6.07 Å². The normalized spacial score (nSPS) is 13.6. The van der Waals surface area contributed by atoms with E-state index < -0.39 is 0 Å². The predicted molar refractivity (Wildman–Crippen MR) is 102 cm³/mol. The maximum atomic E-state index is 11.3. The first kappa shape index (κ1) is 19.2. The number of aliphatic hydroxyl groups excluding tert-OH is 1. The van der Waals surface area contributed by atoms with Crippen molar-refractivity contribution >= 4 is 5.97 Å². The van der Waals surface area contributed by atoms with Crippen LogP contribution in [0.1, 0.15) is 29.2 Å². The molecule has 144 valence electrons. The predicted octanol–water partition coefficient (Wildman–Crippen LogP) is 2.88. The quantitative estimate of drug-likeness (QED) is 0.820. The van der Waals surface area contributed by atoms with Gasteiger partial charge in [0.1, 0.15) is 11.5 Å². The van der Waals surface area contributed by atoms with E-state index in [0.717, 1.165) is 49.5 Å². The van der Waals surface area contributed by atoms with Gasteiger partial charge in [0.2, 0.25) is 0 Å². The number of rotatable bonds is 5. The van der Waals surface area contributed by atoms with Gasteiger partial charge in [0.15, 0.2) is 0 Å². The van der Waals surface area contributed by atoms with Gasteiger partial charge in [-0.15, -0.1) is 0 Å². The van der Waals surface area contributed by atoms with E-state index in [4.69, 9.17) is 19.3 Å². The van der Waals surface area contributed by atoms with Gasteiger partial charge in [-0.2, -0.15) is 0 Å². The maximum Gasteiger partial charge on any atom is 0.310 e. The zero-order chi connectivity index (χ0) is 19.1. The van der Waals surface area contributed by atoms with Crippen molar-refractivity contribution in [2.45, 2.75) is 32.6 Å². The highest BCUT2D eigenvalue weighted by Gasteiger charge is 2.13. The summed E-state index contributed by atoms with van der Waals surface area (Å²) in [5.74, 6) is 1.79. The largest absolute Gasteiger partial charge is 0.493 e. The molecule has 4 rings (SSSR count).